The summed E-state index contributed by atoms with van der Waals surface area (Å²) in [5.74, 6) is -1.65. The SMILES string of the molecule is O=C(O)c1ccc(CN2CCCC(CO)C2)cc1F. The Morgan fingerprint density at radius 3 is 2.89 bits per heavy atom. The number of aliphatic hydroxyl groups is 1. The van der Waals surface area contributed by atoms with E-state index in [1.165, 1.54) is 12.1 Å². The van der Waals surface area contributed by atoms with Crippen molar-refractivity contribution in [2.75, 3.05) is 19.7 Å². The van der Waals surface area contributed by atoms with Gasteiger partial charge in [-0.2, -0.15) is 0 Å². The van der Waals surface area contributed by atoms with Gasteiger partial charge in [0.15, 0.2) is 0 Å². The topological polar surface area (TPSA) is 60.8 Å². The highest BCUT2D eigenvalue weighted by Gasteiger charge is 2.19. The largest absolute Gasteiger partial charge is 0.478 e. The highest BCUT2D eigenvalue weighted by molar-refractivity contribution is 5.87. The zero-order chi connectivity index (χ0) is 13.8. The molecule has 0 radical (unpaired) electrons. The molecule has 0 bridgehead atoms. The van der Waals surface area contributed by atoms with Gasteiger partial charge in [-0.25, -0.2) is 9.18 Å². The summed E-state index contributed by atoms with van der Waals surface area (Å²) in [7, 11) is 0. The van der Waals surface area contributed by atoms with Crippen LogP contribution in [0.4, 0.5) is 4.39 Å². The molecular formula is C14H18FNO3. The van der Waals surface area contributed by atoms with Crippen LogP contribution in [0.25, 0.3) is 0 Å². The maximum atomic E-state index is 13.6. The third-order valence-corrected chi connectivity index (χ3v) is 3.53. The van der Waals surface area contributed by atoms with Crippen molar-refractivity contribution in [1.82, 2.24) is 4.90 Å². The van der Waals surface area contributed by atoms with Crippen LogP contribution in [0.15, 0.2) is 18.2 Å². The monoisotopic (exact) mass is 267 g/mol. The summed E-state index contributed by atoms with van der Waals surface area (Å²) in [6, 6.07) is 4.24. The number of hydrogen-bond acceptors (Lipinski definition) is 3. The van der Waals surface area contributed by atoms with Crippen molar-refractivity contribution >= 4 is 5.97 Å². The van der Waals surface area contributed by atoms with Crippen molar-refractivity contribution in [3.05, 3.63) is 35.1 Å². The summed E-state index contributed by atoms with van der Waals surface area (Å²) in [6.07, 6.45) is 2.06. The number of carboxylic acids is 1. The van der Waals surface area contributed by atoms with Gasteiger partial charge in [0.1, 0.15) is 5.82 Å². The Morgan fingerprint density at radius 1 is 1.47 bits per heavy atom. The van der Waals surface area contributed by atoms with E-state index in [0.717, 1.165) is 31.5 Å². The second-order valence-corrected chi connectivity index (χ2v) is 5.05. The summed E-state index contributed by atoms with van der Waals surface area (Å²) in [5.41, 5.74) is 0.469. The number of nitrogens with zero attached hydrogens (tertiary/aromatic N) is 1. The van der Waals surface area contributed by atoms with E-state index in [4.69, 9.17) is 10.2 Å². The molecule has 1 aromatic carbocycles. The lowest BCUT2D eigenvalue weighted by Crippen LogP contribution is -2.36. The van der Waals surface area contributed by atoms with Gasteiger partial charge >= 0.3 is 5.97 Å². The number of carbonyl (C=O) groups is 1. The van der Waals surface area contributed by atoms with E-state index in [-0.39, 0.29) is 18.1 Å². The highest BCUT2D eigenvalue weighted by Crippen LogP contribution is 2.19. The van der Waals surface area contributed by atoms with Gasteiger partial charge in [-0.3, -0.25) is 4.90 Å². The highest BCUT2D eigenvalue weighted by atomic mass is 19.1. The fraction of sp³-hybridized carbons (Fsp3) is 0.500. The number of aliphatic hydroxyl groups excluding tert-OH is 1. The first kappa shape index (κ1) is 14.0. The van der Waals surface area contributed by atoms with E-state index >= 15 is 0 Å². The van der Waals surface area contributed by atoms with Crippen molar-refractivity contribution in [2.45, 2.75) is 19.4 Å². The smallest absolute Gasteiger partial charge is 0.338 e. The Labute approximate surface area is 111 Å². The van der Waals surface area contributed by atoms with Crippen LogP contribution in [-0.2, 0) is 6.54 Å². The Bertz CT molecular complexity index is 464. The molecule has 0 aliphatic carbocycles. The molecule has 0 amide bonds. The van der Waals surface area contributed by atoms with Crippen LogP contribution < -0.4 is 0 Å². The molecule has 1 aromatic rings. The summed E-state index contributed by atoms with van der Waals surface area (Å²) in [6.45, 7) is 2.51. The quantitative estimate of drug-likeness (QED) is 0.872. The molecule has 2 rings (SSSR count). The van der Waals surface area contributed by atoms with Crippen LogP contribution in [-0.4, -0.2) is 40.8 Å². The molecular weight excluding hydrogens is 249 g/mol. The Kier molecular flexibility index (Phi) is 4.50. The number of hydrogen-bond donors (Lipinski definition) is 2. The standard InChI is InChI=1S/C14H18FNO3/c15-13-6-10(3-4-12(13)14(18)19)7-16-5-1-2-11(8-16)9-17/h3-4,6,11,17H,1-2,5,7-9H2,(H,18,19). The maximum absolute atomic E-state index is 13.6. The first-order valence-corrected chi connectivity index (χ1v) is 6.45. The molecule has 4 nitrogen and oxygen atoms in total. The zero-order valence-corrected chi connectivity index (χ0v) is 10.7. The second-order valence-electron chi connectivity index (χ2n) is 5.05. The van der Waals surface area contributed by atoms with Gasteiger partial charge in [0.25, 0.3) is 0 Å². The minimum absolute atomic E-state index is 0.183. The molecule has 1 unspecified atom stereocenters. The molecule has 0 spiro atoms. The summed E-state index contributed by atoms with van der Waals surface area (Å²) in [4.78, 5) is 12.9. The summed E-state index contributed by atoms with van der Waals surface area (Å²) in [5, 5.41) is 17.9. The van der Waals surface area contributed by atoms with Gasteiger partial charge in [0.2, 0.25) is 0 Å². The molecule has 104 valence electrons. The number of rotatable bonds is 4. The van der Waals surface area contributed by atoms with Crippen LogP contribution in [0, 0.1) is 11.7 Å². The van der Waals surface area contributed by atoms with Crippen LogP contribution in [0.2, 0.25) is 0 Å². The zero-order valence-electron chi connectivity index (χ0n) is 10.7. The first-order valence-electron chi connectivity index (χ1n) is 6.45. The number of aromatic carboxylic acids is 1. The molecule has 1 fully saturated rings. The fourth-order valence-electron chi connectivity index (χ4n) is 2.53. The third-order valence-electron chi connectivity index (χ3n) is 3.53. The molecule has 19 heavy (non-hydrogen) atoms. The molecule has 1 aliphatic heterocycles. The predicted octanol–water partition coefficient (Wildman–Crippen LogP) is 1.73. The van der Waals surface area contributed by atoms with Crippen LogP contribution in [0.1, 0.15) is 28.8 Å². The number of benzene rings is 1. The molecule has 1 heterocycles. The number of carboxylic acid groups (broad SMARTS) is 1. The maximum Gasteiger partial charge on any atom is 0.338 e. The normalized spacial score (nSPS) is 20.4. The molecule has 5 heteroatoms. The minimum atomic E-state index is -1.25. The molecule has 1 saturated heterocycles. The van der Waals surface area contributed by atoms with Gasteiger partial charge < -0.3 is 10.2 Å². The lowest BCUT2D eigenvalue weighted by molar-refractivity contribution is 0.0691. The molecule has 1 atom stereocenters. The van der Waals surface area contributed by atoms with Crippen molar-refractivity contribution in [3.63, 3.8) is 0 Å². The number of halogens is 1. The van der Waals surface area contributed by atoms with Gasteiger partial charge in [0, 0.05) is 19.7 Å². The van der Waals surface area contributed by atoms with Crippen LogP contribution in [0.3, 0.4) is 0 Å². The lowest BCUT2D eigenvalue weighted by atomic mass is 9.98. The van der Waals surface area contributed by atoms with Gasteiger partial charge in [-0.1, -0.05) is 6.07 Å². The van der Waals surface area contributed by atoms with E-state index in [1.807, 2.05) is 0 Å². The predicted molar refractivity (Wildman–Crippen MR) is 68.4 cm³/mol. The molecule has 0 aromatic heterocycles. The second kappa shape index (κ2) is 6.12. The van der Waals surface area contributed by atoms with Crippen molar-refractivity contribution in [1.29, 1.82) is 0 Å². The Morgan fingerprint density at radius 2 is 2.26 bits per heavy atom. The number of likely N-dealkylation sites (tertiary alicyclic amines) is 1. The molecule has 1 aliphatic rings. The van der Waals surface area contributed by atoms with Gasteiger partial charge in [0.05, 0.1) is 5.56 Å². The minimum Gasteiger partial charge on any atom is -0.478 e. The van der Waals surface area contributed by atoms with E-state index < -0.39 is 11.8 Å². The summed E-state index contributed by atoms with van der Waals surface area (Å²) < 4.78 is 13.6. The average Bonchev–Trinajstić information content (AvgIpc) is 2.38. The Hall–Kier alpha value is -1.46. The van der Waals surface area contributed by atoms with Crippen LogP contribution in [0.5, 0.6) is 0 Å². The summed E-state index contributed by atoms with van der Waals surface area (Å²) >= 11 is 0. The van der Waals surface area contributed by atoms with E-state index in [9.17, 15) is 9.18 Å². The molecule has 2 N–H and O–H groups in total. The average molecular weight is 267 g/mol. The lowest BCUT2D eigenvalue weighted by Gasteiger charge is -2.31. The van der Waals surface area contributed by atoms with Crippen molar-refractivity contribution in [3.8, 4) is 0 Å². The van der Waals surface area contributed by atoms with Gasteiger partial charge in [-0.05, 0) is 43.0 Å². The first-order chi connectivity index (χ1) is 9.10. The Balaban J connectivity index is 2.03. The van der Waals surface area contributed by atoms with Gasteiger partial charge in [-0.15, -0.1) is 0 Å². The van der Waals surface area contributed by atoms with E-state index in [2.05, 4.69) is 4.90 Å². The fourth-order valence-corrected chi connectivity index (χ4v) is 2.53. The molecule has 0 saturated carbocycles. The third kappa shape index (κ3) is 3.52. The van der Waals surface area contributed by atoms with Crippen molar-refractivity contribution in [2.24, 2.45) is 5.92 Å². The van der Waals surface area contributed by atoms with E-state index in [1.54, 1.807) is 6.07 Å². The van der Waals surface area contributed by atoms with E-state index in [0.29, 0.717) is 6.54 Å². The van der Waals surface area contributed by atoms with Crippen LogP contribution >= 0.6 is 0 Å². The number of piperidine rings is 1. The van der Waals surface area contributed by atoms with Crippen molar-refractivity contribution < 1.29 is 19.4 Å².